The van der Waals surface area contributed by atoms with Crippen molar-refractivity contribution >= 4 is 10.8 Å². The van der Waals surface area contributed by atoms with E-state index in [-0.39, 0.29) is 5.82 Å². The molecule has 0 N–H and O–H groups in total. The van der Waals surface area contributed by atoms with Crippen LogP contribution in [0.15, 0.2) is 36.7 Å². The van der Waals surface area contributed by atoms with Crippen LogP contribution in [-0.4, -0.2) is 4.98 Å². The van der Waals surface area contributed by atoms with Crippen LogP contribution in [0.4, 0.5) is 4.39 Å². The molecule has 0 atom stereocenters. The minimum Gasteiger partial charge on any atom is -0.264 e. The van der Waals surface area contributed by atoms with Gasteiger partial charge in [0.15, 0.2) is 0 Å². The van der Waals surface area contributed by atoms with Crippen LogP contribution in [0, 0.1) is 5.82 Å². The first kappa shape index (κ1) is 9.65. The summed E-state index contributed by atoms with van der Waals surface area (Å²) in [5.41, 5.74) is 0. The number of pyridine rings is 1. The van der Waals surface area contributed by atoms with Crippen molar-refractivity contribution in [3.8, 4) is 0 Å². The highest BCUT2D eigenvalue weighted by Gasteiger charge is 1.92. The number of hydrogen-bond acceptors (Lipinski definition) is 1. The van der Waals surface area contributed by atoms with Crippen LogP contribution in [0.25, 0.3) is 10.8 Å². The van der Waals surface area contributed by atoms with Gasteiger partial charge in [-0.3, -0.25) is 4.98 Å². The number of fused-ring (bicyclic) bond motifs is 1. The smallest absolute Gasteiger partial charge is 0.123 e. The Morgan fingerprint density at radius 3 is 2.62 bits per heavy atom. The SMILES string of the molecule is CC.Fc1ccc2ccncc2c1. The second-order valence-electron chi connectivity index (χ2n) is 2.37. The number of rotatable bonds is 0. The Hall–Kier alpha value is -1.44. The van der Waals surface area contributed by atoms with Crippen molar-refractivity contribution in [1.29, 1.82) is 0 Å². The minimum atomic E-state index is -0.217. The van der Waals surface area contributed by atoms with Gasteiger partial charge in [-0.2, -0.15) is 0 Å². The average Bonchev–Trinajstić information content (AvgIpc) is 2.21. The van der Waals surface area contributed by atoms with Crippen molar-refractivity contribution in [2.45, 2.75) is 13.8 Å². The molecule has 1 aromatic carbocycles. The highest BCUT2D eigenvalue weighted by atomic mass is 19.1. The second kappa shape index (κ2) is 4.55. The third kappa shape index (κ3) is 2.25. The fourth-order valence-electron chi connectivity index (χ4n) is 1.06. The Morgan fingerprint density at radius 2 is 1.85 bits per heavy atom. The topological polar surface area (TPSA) is 12.9 Å². The molecule has 0 fully saturated rings. The molecule has 0 aliphatic carbocycles. The Kier molecular flexibility index (Phi) is 3.38. The largest absolute Gasteiger partial charge is 0.264 e. The van der Waals surface area contributed by atoms with E-state index in [2.05, 4.69) is 4.98 Å². The van der Waals surface area contributed by atoms with Gasteiger partial charge in [0.2, 0.25) is 0 Å². The first-order valence-electron chi connectivity index (χ1n) is 4.35. The van der Waals surface area contributed by atoms with Crippen molar-refractivity contribution in [2.75, 3.05) is 0 Å². The van der Waals surface area contributed by atoms with Gasteiger partial charge in [0, 0.05) is 17.8 Å². The lowest BCUT2D eigenvalue weighted by atomic mass is 10.2. The highest BCUT2D eigenvalue weighted by molar-refractivity contribution is 5.81. The summed E-state index contributed by atoms with van der Waals surface area (Å²) in [5.74, 6) is -0.217. The fraction of sp³-hybridized carbons (Fsp3) is 0.182. The van der Waals surface area contributed by atoms with Crippen LogP contribution < -0.4 is 0 Å². The van der Waals surface area contributed by atoms with Crippen LogP contribution in [0.2, 0.25) is 0 Å². The van der Waals surface area contributed by atoms with Gasteiger partial charge in [-0.05, 0) is 23.6 Å². The molecule has 1 aromatic heterocycles. The van der Waals surface area contributed by atoms with Gasteiger partial charge in [-0.1, -0.05) is 19.9 Å². The molecule has 13 heavy (non-hydrogen) atoms. The van der Waals surface area contributed by atoms with E-state index in [1.54, 1.807) is 18.5 Å². The van der Waals surface area contributed by atoms with Gasteiger partial charge in [0.1, 0.15) is 5.82 Å². The van der Waals surface area contributed by atoms with Gasteiger partial charge in [0.05, 0.1) is 0 Å². The molecule has 0 amide bonds. The predicted molar refractivity (Wildman–Crippen MR) is 53.0 cm³/mol. The summed E-state index contributed by atoms with van der Waals surface area (Å²) in [6, 6.07) is 6.52. The standard InChI is InChI=1S/C9H6FN.C2H6/c10-9-2-1-7-3-4-11-6-8(7)5-9;1-2/h1-6H;1-2H3. The summed E-state index contributed by atoms with van der Waals surface area (Å²) in [4.78, 5) is 3.89. The molecule has 0 saturated carbocycles. The summed E-state index contributed by atoms with van der Waals surface area (Å²) >= 11 is 0. The zero-order valence-corrected chi connectivity index (χ0v) is 7.79. The molecule has 68 valence electrons. The Balaban J connectivity index is 0.000000396. The highest BCUT2D eigenvalue weighted by Crippen LogP contribution is 2.12. The average molecular weight is 177 g/mol. The van der Waals surface area contributed by atoms with Crippen molar-refractivity contribution in [2.24, 2.45) is 0 Å². The van der Waals surface area contributed by atoms with E-state index in [1.165, 1.54) is 12.1 Å². The molecule has 0 bridgehead atoms. The normalized spacial score (nSPS) is 9.15. The number of benzene rings is 1. The molecular weight excluding hydrogens is 165 g/mol. The van der Waals surface area contributed by atoms with Gasteiger partial charge >= 0.3 is 0 Å². The molecule has 2 heteroatoms. The minimum absolute atomic E-state index is 0.217. The maximum atomic E-state index is 12.6. The van der Waals surface area contributed by atoms with Gasteiger partial charge in [-0.15, -0.1) is 0 Å². The number of nitrogens with zero attached hydrogens (tertiary/aromatic N) is 1. The molecule has 0 aliphatic heterocycles. The lowest BCUT2D eigenvalue weighted by Crippen LogP contribution is -1.76. The van der Waals surface area contributed by atoms with Gasteiger partial charge < -0.3 is 0 Å². The van der Waals surface area contributed by atoms with E-state index in [9.17, 15) is 4.39 Å². The zero-order chi connectivity index (χ0) is 9.68. The molecule has 0 spiro atoms. The second-order valence-corrected chi connectivity index (χ2v) is 2.37. The first-order chi connectivity index (χ1) is 6.36. The summed E-state index contributed by atoms with van der Waals surface area (Å²) in [7, 11) is 0. The molecular formula is C11H12FN. The number of halogens is 1. The fourth-order valence-corrected chi connectivity index (χ4v) is 1.06. The molecule has 0 radical (unpaired) electrons. The van der Waals surface area contributed by atoms with Crippen molar-refractivity contribution in [1.82, 2.24) is 4.98 Å². The lowest BCUT2D eigenvalue weighted by Gasteiger charge is -1.94. The van der Waals surface area contributed by atoms with Crippen molar-refractivity contribution < 1.29 is 4.39 Å². The summed E-state index contributed by atoms with van der Waals surface area (Å²) < 4.78 is 12.6. The number of hydrogen-bond donors (Lipinski definition) is 0. The van der Waals surface area contributed by atoms with Crippen molar-refractivity contribution in [3.05, 3.63) is 42.5 Å². The Bertz CT molecular complexity index is 385. The Morgan fingerprint density at radius 1 is 1.08 bits per heavy atom. The lowest BCUT2D eigenvalue weighted by molar-refractivity contribution is 0.629. The molecule has 2 aromatic rings. The monoisotopic (exact) mass is 177 g/mol. The molecule has 0 unspecified atom stereocenters. The third-order valence-electron chi connectivity index (χ3n) is 1.60. The zero-order valence-electron chi connectivity index (χ0n) is 7.79. The van der Waals surface area contributed by atoms with Crippen LogP contribution in [0.5, 0.6) is 0 Å². The summed E-state index contributed by atoms with van der Waals surface area (Å²) in [6.45, 7) is 4.00. The van der Waals surface area contributed by atoms with E-state index in [0.717, 1.165) is 10.8 Å². The third-order valence-corrected chi connectivity index (χ3v) is 1.60. The van der Waals surface area contributed by atoms with E-state index in [4.69, 9.17) is 0 Å². The van der Waals surface area contributed by atoms with Crippen molar-refractivity contribution in [3.63, 3.8) is 0 Å². The van der Waals surface area contributed by atoms with Gasteiger partial charge in [0.25, 0.3) is 0 Å². The molecule has 0 saturated heterocycles. The maximum absolute atomic E-state index is 12.6. The molecule has 1 nitrogen and oxygen atoms in total. The quantitative estimate of drug-likeness (QED) is 0.601. The van der Waals surface area contributed by atoms with E-state index >= 15 is 0 Å². The molecule has 0 aliphatic rings. The van der Waals surface area contributed by atoms with Crippen LogP contribution in [0.3, 0.4) is 0 Å². The Labute approximate surface area is 77.2 Å². The molecule has 2 rings (SSSR count). The predicted octanol–water partition coefficient (Wildman–Crippen LogP) is 3.40. The van der Waals surface area contributed by atoms with E-state index in [0.29, 0.717) is 0 Å². The van der Waals surface area contributed by atoms with E-state index < -0.39 is 0 Å². The van der Waals surface area contributed by atoms with Crippen LogP contribution >= 0.6 is 0 Å². The summed E-state index contributed by atoms with van der Waals surface area (Å²) in [6.07, 6.45) is 3.35. The van der Waals surface area contributed by atoms with Crippen LogP contribution in [-0.2, 0) is 0 Å². The first-order valence-corrected chi connectivity index (χ1v) is 4.35. The summed E-state index contributed by atoms with van der Waals surface area (Å²) in [5, 5.41) is 1.86. The number of aromatic nitrogens is 1. The maximum Gasteiger partial charge on any atom is 0.123 e. The molecule has 1 heterocycles. The van der Waals surface area contributed by atoms with E-state index in [1.807, 2.05) is 19.9 Å². The van der Waals surface area contributed by atoms with Gasteiger partial charge in [-0.25, -0.2) is 4.39 Å². The van der Waals surface area contributed by atoms with Crippen LogP contribution in [0.1, 0.15) is 13.8 Å².